The van der Waals surface area contributed by atoms with E-state index in [-0.39, 0.29) is 49.5 Å². The lowest BCUT2D eigenvalue weighted by molar-refractivity contribution is -0.120. The van der Waals surface area contributed by atoms with Crippen molar-refractivity contribution < 1.29 is 27.5 Å². The number of hydrogen-bond donors (Lipinski definition) is 0. The maximum atomic E-state index is 12.7. The molecule has 2 aromatic rings. The molecule has 3 fully saturated rings. The molecule has 1 aliphatic carbocycles. The Morgan fingerprint density at radius 3 is 2.55 bits per heavy atom. The van der Waals surface area contributed by atoms with Gasteiger partial charge in [-0.1, -0.05) is 0 Å². The van der Waals surface area contributed by atoms with E-state index in [9.17, 15) is 18.0 Å². The van der Waals surface area contributed by atoms with Crippen molar-refractivity contribution in [2.24, 2.45) is 5.92 Å². The van der Waals surface area contributed by atoms with Crippen LogP contribution < -0.4 is 9.64 Å². The Bertz CT molecular complexity index is 1230. The Balaban J connectivity index is 1.05. The first kappa shape index (κ1) is 26.4. The molecule has 0 atom stereocenters. The SMILES string of the molecule is CC1(OC(=O)N2CCC(COc3cnc(N4CCN(S(=O)(=O)CCn5cccn5)CC4=O)cn3)CC2)CC1. The highest BCUT2D eigenvalue weighted by Crippen LogP contribution is 2.39. The van der Waals surface area contributed by atoms with Crippen LogP contribution in [0.25, 0.3) is 0 Å². The highest BCUT2D eigenvalue weighted by atomic mass is 32.2. The molecule has 2 saturated heterocycles. The van der Waals surface area contributed by atoms with Crippen LogP contribution in [0.4, 0.5) is 10.6 Å². The molecule has 2 aromatic heterocycles. The molecular formula is C24H33N7O6S. The van der Waals surface area contributed by atoms with Crippen molar-refractivity contribution in [1.29, 1.82) is 0 Å². The van der Waals surface area contributed by atoms with Gasteiger partial charge in [-0.25, -0.2) is 23.2 Å². The molecule has 0 N–H and O–H groups in total. The molecule has 3 aliphatic rings. The number of hydrogen-bond acceptors (Lipinski definition) is 9. The van der Waals surface area contributed by atoms with Gasteiger partial charge in [-0.3, -0.25) is 14.4 Å². The molecule has 206 valence electrons. The van der Waals surface area contributed by atoms with Gasteiger partial charge in [0.1, 0.15) is 5.60 Å². The number of nitrogens with zero attached hydrogens (tertiary/aromatic N) is 7. The topological polar surface area (TPSA) is 140 Å². The quantitative estimate of drug-likeness (QED) is 0.452. The number of anilines is 1. The smallest absolute Gasteiger partial charge is 0.410 e. The maximum absolute atomic E-state index is 12.7. The van der Waals surface area contributed by atoms with Gasteiger partial charge >= 0.3 is 6.09 Å². The van der Waals surface area contributed by atoms with E-state index in [0.717, 1.165) is 25.7 Å². The van der Waals surface area contributed by atoms with Crippen LogP contribution in [0.1, 0.15) is 32.6 Å². The van der Waals surface area contributed by atoms with Crippen LogP contribution in [0.2, 0.25) is 0 Å². The average Bonchev–Trinajstić information content (AvgIpc) is 3.40. The molecule has 13 nitrogen and oxygen atoms in total. The lowest BCUT2D eigenvalue weighted by Gasteiger charge is -2.33. The van der Waals surface area contributed by atoms with E-state index >= 15 is 0 Å². The van der Waals surface area contributed by atoms with Gasteiger partial charge < -0.3 is 14.4 Å². The van der Waals surface area contributed by atoms with Gasteiger partial charge in [-0.2, -0.15) is 9.40 Å². The van der Waals surface area contributed by atoms with Crippen LogP contribution in [0.5, 0.6) is 5.88 Å². The van der Waals surface area contributed by atoms with E-state index in [1.54, 1.807) is 28.0 Å². The summed E-state index contributed by atoms with van der Waals surface area (Å²) in [5.41, 5.74) is -0.265. The first-order chi connectivity index (χ1) is 18.2. The van der Waals surface area contributed by atoms with E-state index in [1.807, 2.05) is 6.92 Å². The van der Waals surface area contributed by atoms with E-state index < -0.39 is 10.0 Å². The van der Waals surface area contributed by atoms with Crippen molar-refractivity contribution in [3.8, 4) is 5.88 Å². The van der Waals surface area contributed by atoms with Gasteiger partial charge in [0.15, 0.2) is 5.82 Å². The fourth-order valence-electron chi connectivity index (χ4n) is 4.46. The molecule has 38 heavy (non-hydrogen) atoms. The first-order valence-electron chi connectivity index (χ1n) is 12.9. The summed E-state index contributed by atoms with van der Waals surface area (Å²) in [6.07, 6.45) is 9.50. The Labute approximate surface area is 221 Å². The lowest BCUT2D eigenvalue weighted by atomic mass is 9.98. The van der Waals surface area contributed by atoms with Crippen LogP contribution in [0.15, 0.2) is 30.9 Å². The van der Waals surface area contributed by atoms with Gasteiger partial charge in [0.05, 0.1) is 37.8 Å². The van der Waals surface area contributed by atoms with Crippen molar-refractivity contribution in [3.63, 3.8) is 0 Å². The summed E-state index contributed by atoms with van der Waals surface area (Å²) in [6.45, 7) is 4.05. The van der Waals surface area contributed by atoms with Crippen molar-refractivity contribution >= 4 is 27.8 Å². The summed E-state index contributed by atoms with van der Waals surface area (Å²) in [5.74, 6) is 0.512. The number of carbonyl (C=O) groups excluding carboxylic acids is 2. The predicted molar refractivity (Wildman–Crippen MR) is 136 cm³/mol. The molecule has 0 aromatic carbocycles. The highest BCUT2D eigenvalue weighted by molar-refractivity contribution is 7.89. The minimum atomic E-state index is -3.60. The Hall–Kier alpha value is -3.26. The van der Waals surface area contributed by atoms with Gasteiger partial charge in [-0.15, -0.1) is 0 Å². The zero-order chi connectivity index (χ0) is 26.8. The normalized spacial score (nSPS) is 20.4. The Kier molecular flexibility index (Phi) is 7.52. The molecular weight excluding hydrogens is 514 g/mol. The summed E-state index contributed by atoms with van der Waals surface area (Å²) in [7, 11) is -3.60. The number of likely N-dealkylation sites (tertiary alicyclic amines) is 1. The summed E-state index contributed by atoms with van der Waals surface area (Å²) in [5, 5.41) is 4.01. The van der Waals surface area contributed by atoms with E-state index in [2.05, 4.69) is 15.1 Å². The number of carbonyl (C=O) groups is 2. The average molecular weight is 548 g/mol. The minimum Gasteiger partial charge on any atom is -0.476 e. The van der Waals surface area contributed by atoms with Crippen molar-refractivity contribution in [1.82, 2.24) is 29.0 Å². The molecule has 4 heterocycles. The molecule has 2 aliphatic heterocycles. The number of piperazine rings is 1. The summed E-state index contributed by atoms with van der Waals surface area (Å²) in [6, 6.07) is 1.73. The molecule has 2 amide bonds. The number of amides is 2. The second kappa shape index (κ2) is 10.8. The number of sulfonamides is 1. The van der Waals surface area contributed by atoms with E-state index in [4.69, 9.17) is 9.47 Å². The Morgan fingerprint density at radius 2 is 1.92 bits per heavy atom. The number of aryl methyl sites for hydroxylation is 1. The van der Waals surface area contributed by atoms with Crippen LogP contribution in [-0.4, -0.2) is 100 Å². The van der Waals surface area contributed by atoms with Gasteiger partial charge in [-0.05, 0) is 44.6 Å². The number of ether oxygens (including phenoxy) is 2. The number of aromatic nitrogens is 4. The molecule has 0 bridgehead atoms. The second-order valence-corrected chi connectivity index (χ2v) is 12.3. The second-order valence-electron chi connectivity index (χ2n) is 10.2. The number of rotatable bonds is 9. The molecule has 0 unspecified atom stereocenters. The summed E-state index contributed by atoms with van der Waals surface area (Å²) < 4.78 is 39.4. The van der Waals surface area contributed by atoms with Crippen molar-refractivity contribution in [2.75, 3.05) is 50.0 Å². The van der Waals surface area contributed by atoms with Crippen LogP contribution in [0.3, 0.4) is 0 Å². The fourth-order valence-corrected chi connectivity index (χ4v) is 5.81. The van der Waals surface area contributed by atoms with Crippen molar-refractivity contribution in [3.05, 3.63) is 30.9 Å². The Morgan fingerprint density at radius 1 is 1.13 bits per heavy atom. The van der Waals surface area contributed by atoms with Crippen LogP contribution in [-0.2, 0) is 26.1 Å². The third-order valence-corrected chi connectivity index (χ3v) is 9.03. The van der Waals surface area contributed by atoms with Gasteiger partial charge in [0.25, 0.3) is 0 Å². The third-order valence-electron chi connectivity index (χ3n) is 7.24. The zero-order valence-corrected chi connectivity index (χ0v) is 22.3. The minimum absolute atomic E-state index is 0.129. The summed E-state index contributed by atoms with van der Waals surface area (Å²) in [4.78, 5) is 36.8. The predicted octanol–water partition coefficient (Wildman–Crippen LogP) is 1.13. The monoisotopic (exact) mass is 547 g/mol. The zero-order valence-electron chi connectivity index (χ0n) is 21.4. The molecule has 0 spiro atoms. The summed E-state index contributed by atoms with van der Waals surface area (Å²) >= 11 is 0. The maximum Gasteiger partial charge on any atom is 0.410 e. The van der Waals surface area contributed by atoms with Gasteiger partial charge in [0, 0.05) is 38.6 Å². The molecule has 0 radical (unpaired) electrons. The van der Waals surface area contributed by atoms with Gasteiger partial charge in [0.2, 0.25) is 21.8 Å². The largest absolute Gasteiger partial charge is 0.476 e. The molecule has 14 heteroatoms. The third kappa shape index (κ3) is 6.41. The van der Waals surface area contributed by atoms with Crippen molar-refractivity contribution in [2.45, 2.75) is 44.8 Å². The number of piperidine rings is 1. The first-order valence-corrected chi connectivity index (χ1v) is 14.5. The van der Waals surface area contributed by atoms with Crippen LogP contribution in [0, 0.1) is 5.92 Å². The lowest BCUT2D eigenvalue weighted by Crippen LogP contribution is -2.53. The fraction of sp³-hybridized carbons (Fsp3) is 0.625. The standard InChI is InChI=1S/C24H33N7O6S/c1-24(5-6-24)37-23(33)28-9-3-19(4-10-28)18-36-21-16-25-20(15-26-21)31-12-11-30(17-22(31)32)38(34,35)14-13-29-8-2-7-27-29/h2,7-8,15-16,19H,3-6,9-14,17-18H2,1H3. The molecule has 1 saturated carbocycles. The molecule has 5 rings (SSSR count). The highest BCUT2D eigenvalue weighted by Gasteiger charge is 2.43. The van der Waals surface area contributed by atoms with E-state index in [1.165, 1.54) is 21.6 Å². The van der Waals surface area contributed by atoms with E-state index in [0.29, 0.717) is 37.3 Å². The van der Waals surface area contributed by atoms with Crippen LogP contribution >= 0.6 is 0 Å².